The quantitative estimate of drug-likeness (QED) is 0.338. The Morgan fingerprint density at radius 2 is 1.97 bits per heavy atom. The lowest BCUT2D eigenvalue weighted by atomic mass is 10.1. The SMILES string of the molecule is Nc1ncnc2c1ncn2CCOCCOCC[C@H](OP=O)c1cccc(Cl)c1. The Morgan fingerprint density at radius 3 is 2.76 bits per heavy atom. The molecule has 0 radical (unpaired) electrons. The molecule has 3 aromatic rings. The van der Waals surface area contributed by atoms with E-state index in [1.165, 1.54) is 6.33 Å². The van der Waals surface area contributed by atoms with Crippen molar-refractivity contribution in [2.45, 2.75) is 19.1 Å². The zero-order valence-corrected chi connectivity index (χ0v) is 17.3. The number of anilines is 1. The van der Waals surface area contributed by atoms with Gasteiger partial charge in [0.05, 0.1) is 32.3 Å². The highest BCUT2D eigenvalue weighted by atomic mass is 35.5. The Balaban J connectivity index is 1.33. The van der Waals surface area contributed by atoms with Gasteiger partial charge in [0.1, 0.15) is 11.8 Å². The van der Waals surface area contributed by atoms with E-state index >= 15 is 0 Å². The molecule has 154 valence electrons. The highest BCUT2D eigenvalue weighted by Gasteiger charge is 2.13. The first-order valence-corrected chi connectivity index (χ1v) is 10.1. The number of nitrogens with zero attached hydrogens (tertiary/aromatic N) is 4. The molecular weight excluding hydrogens is 417 g/mol. The maximum absolute atomic E-state index is 10.8. The molecule has 0 bridgehead atoms. The van der Waals surface area contributed by atoms with Crippen molar-refractivity contribution in [3.63, 3.8) is 0 Å². The fourth-order valence-electron chi connectivity index (χ4n) is 2.78. The molecule has 2 heterocycles. The van der Waals surface area contributed by atoms with Gasteiger partial charge >= 0.3 is 8.69 Å². The largest absolute Gasteiger partial charge is 0.382 e. The third kappa shape index (κ3) is 6.16. The molecule has 2 N–H and O–H groups in total. The maximum atomic E-state index is 10.8. The van der Waals surface area contributed by atoms with Crippen LogP contribution in [-0.2, 0) is 25.1 Å². The van der Waals surface area contributed by atoms with Crippen LogP contribution in [0.3, 0.4) is 0 Å². The van der Waals surface area contributed by atoms with Crippen molar-refractivity contribution in [2.75, 3.05) is 32.2 Å². The zero-order chi connectivity index (χ0) is 20.5. The molecule has 2 aromatic heterocycles. The van der Waals surface area contributed by atoms with Crippen LogP contribution in [0.2, 0.25) is 5.02 Å². The first-order chi connectivity index (χ1) is 14.2. The van der Waals surface area contributed by atoms with Crippen LogP contribution < -0.4 is 5.73 Å². The highest BCUT2D eigenvalue weighted by Crippen LogP contribution is 2.27. The summed E-state index contributed by atoms with van der Waals surface area (Å²) in [5.74, 6) is 0.361. The summed E-state index contributed by atoms with van der Waals surface area (Å²) in [6, 6.07) is 7.27. The summed E-state index contributed by atoms with van der Waals surface area (Å²) in [4.78, 5) is 12.3. The number of imidazole rings is 1. The fourth-order valence-corrected chi connectivity index (χ4v) is 3.31. The Bertz CT molecular complexity index is 942. The van der Waals surface area contributed by atoms with Crippen LogP contribution in [0.15, 0.2) is 36.9 Å². The third-order valence-electron chi connectivity index (χ3n) is 4.19. The lowest BCUT2D eigenvalue weighted by molar-refractivity contribution is 0.0345. The Labute approximate surface area is 174 Å². The molecule has 0 aliphatic carbocycles. The first kappa shape index (κ1) is 21.5. The topological polar surface area (TPSA) is 114 Å². The van der Waals surface area contributed by atoms with Crippen molar-refractivity contribution in [3.05, 3.63) is 47.5 Å². The Kier molecular flexibility index (Phi) is 8.27. The average molecular weight is 438 g/mol. The van der Waals surface area contributed by atoms with E-state index in [1.54, 1.807) is 18.5 Å². The second-order valence-corrected chi connectivity index (χ2v) is 6.90. The minimum Gasteiger partial charge on any atom is -0.382 e. The van der Waals surface area contributed by atoms with Crippen molar-refractivity contribution in [1.29, 1.82) is 0 Å². The lowest BCUT2D eigenvalue weighted by Crippen LogP contribution is -2.11. The summed E-state index contributed by atoms with van der Waals surface area (Å²) < 4.78 is 29.1. The molecular formula is C18H21ClN5O4P. The summed E-state index contributed by atoms with van der Waals surface area (Å²) in [5.41, 5.74) is 7.90. The standard InChI is InChI=1S/C18H21ClN5O4P/c19-14-3-1-2-13(10-14)15(28-29-25)4-6-26-8-9-27-7-5-24-12-23-16-17(20)21-11-22-18(16)24/h1-3,10-12,15H,4-9H2,(H2,20,21,22)/t15-/m0/s1. The number of aromatic nitrogens is 4. The summed E-state index contributed by atoms with van der Waals surface area (Å²) in [5, 5.41) is 0.604. The molecule has 0 fully saturated rings. The fraction of sp³-hybridized carbons (Fsp3) is 0.389. The van der Waals surface area contributed by atoms with Gasteiger partial charge in [-0.05, 0) is 17.7 Å². The third-order valence-corrected chi connectivity index (χ3v) is 4.77. The van der Waals surface area contributed by atoms with Gasteiger partial charge in [-0.2, -0.15) is 0 Å². The van der Waals surface area contributed by atoms with Crippen molar-refractivity contribution in [1.82, 2.24) is 19.5 Å². The van der Waals surface area contributed by atoms with Gasteiger partial charge < -0.3 is 19.8 Å². The van der Waals surface area contributed by atoms with Crippen molar-refractivity contribution >= 4 is 37.3 Å². The monoisotopic (exact) mass is 437 g/mol. The van der Waals surface area contributed by atoms with Gasteiger partial charge in [0.25, 0.3) is 0 Å². The first-order valence-electron chi connectivity index (χ1n) is 8.99. The summed E-state index contributed by atoms with van der Waals surface area (Å²) >= 11 is 6.00. The van der Waals surface area contributed by atoms with E-state index in [-0.39, 0.29) is 14.8 Å². The number of rotatable bonds is 12. The number of fused-ring (bicyclic) bond motifs is 1. The number of hydrogen-bond donors (Lipinski definition) is 1. The number of benzene rings is 1. The van der Waals surface area contributed by atoms with Gasteiger partial charge in [0.2, 0.25) is 0 Å². The minimum atomic E-state index is -0.378. The van der Waals surface area contributed by atoms with Gasteiger partial charge in [-0.1, -0.05) is 23.7 Å². The smallest absolute Gasteiger partial charge is 0.327 e. The average Bonchev–Trinajstić information content (AvgIpc) is 3.13. The predicted molar refractivity (Wildman–Crippen MR) is 109 cm³/mol. The van der Waals surface area contributed by atoms with Crippen molar-refractivity contribution in [3.8, 4) is 0 Å². The van der Waals surface area contributed by atoms with E-state index in [0.29, 0.717) is 61.4 Å². The number of halogens is 1. The molecule has 1 atom stereocenters. The molecule has 0 amide bonds. The highest BCUT2D eigenvalue weighted by molar-refractivity contribution is 7.17. The molecule has 11 heteroatoms. The molecule has 0 saturated heterocycles. The van der Waals surface area contributed by atoms with E-state index in [4.69, 9.17) is 31.3 Å². The molecule has 0 aliphatic rings. The summed E-state index contributed by atoms with van der Waals surface area (Å²) in [6.07, 6.45) is 3.29. The van der Waals surface area contributed by atoms with Gasteiger partial charge in [-0.3, -0.25) is 4.52 Å². The normalized spacial score (nSPS) is 12.6. The van der Waals surface area contributed by atoms with Crippen LogP contribution >= 0.6 is 20.3 Å². The molecule has 0 aliphatic heterocycles. The van der Waals surface area contributed by atoms with Crippen LogP contribution in [0.1, 0.15) is 18.1 Å². The van der Waals surface area contributed by atoms with Crippen LogP contribution in [-0.4, -0.2) is 45.9 Å². The van der Waals surface area contributed by atoms with Crippen molar-refractivity contribution in [2.24, 2.45) is 0 Å². The number of nitrogens with two attached hydrogens (primary N) is 1. The van der Waals surface area contributed by atoms with Crippen LogP contribution in [0, 0.1) is 0 Å². The van der Waals surface area contributed by atoms with Gasteiger partial charge in [0.15, 0.2) is 11.5 Å². The summed E-state index contributed by atoms with van der Waals surface area (Å²) in [7, 11) is -0.378. The molecule has 0 unspecified atom stereocenters. The Morgan fingerprint density at radius 1 is 1.14 bits per heavy atom. The number of ether oxygens (including phenoxy) is 2. The number of nitrogen functional groups attached to an aromatic ring is 1. The second kappa shape index (κ2) is 11.1. The summed E-state index contributed by atoms with van der Waals surface area (Å²) in [6.45, 7) is 2.42. The van der Waals surface area contributed by atoms with Gasteiger partial charge in [-0.15, -0.1) is 0 Å². The minimum absolute atomic E-state index is 0.349. The lowest BCUT2D eigenvalue weighted by Gasteiger charge is -2.14. The van der Waals surface area contributed by atoms with Crippen LogP contribution in [0.25, 0.3) is 11.2 Å². The van der Waals surface area contributed by atoms with Crippen LogP contribution in [0.5, 0.6) is 0 Å². The molecule has 0 spiro atoms. The molecule has 0 saturated carbocycles. The van der Waals surface area contributed by atoms with E-state index in [9.17, 15) is 4.57 Å². The van der Waals surface area contributed by atoms with Gasteiger partial charge in [0, 0.05) is 24.6 Å². The van der Waals surface area contributed by atoms with E-state index in [2.05, 4.69) is 15.0 Å². The second-order valence-electron chi connectivity index (χ2n) is 6.11. The molecule has 9 nitrogen and oxygen atoms in total. The van der Waals surface area contributed by atoms with E-state index in [1.807, 2.05) is 16.7 Å². The Hall–Kier alpha value is -2.16. The maximum Gasteiger partial charge on any atom is 0.327 e. The van der Waals surface area contributed by atoms with Crippen molar-refractivity contribution < 1.29 is 18.6 Å². The van der Waals surface area contributed by atoms with Gasteiger partial charge in [-0.25, -0.2) is 19.5 Å². The number of hydrogen-bond acceptors (Lipinski definition) is 8. The molecule has 29 heavy (non-hydrogen) atoms. The zero-order valence-electron chi connectivity index (χ0n) is 15.6. The molecule has 1 aromatic carbocycles. The van der Waals surface area contributed by atoms with E-state index < -0.39 is 0 Å². The van der Waals surface area contributed by atoms with Crippen LogP contribution in [0.4, 0.5) is 5.82 Å². The molecule has 3 rings (SSSR count). The predicted octanol–water partition coefficient (Wildman–Crippen LogP) is 3.45. The van der Waals surface area contributed by atoms with E-state index in [0.717, 1.165) is 5.56 Å².